The molecule has 1 unspecified atom stereocenters. The standard InChI is InChI=1S/C12H20BrN3O/c1-6-9-7-10(16(5)15-9)11(17)14-12(3,4)8(2)13/h7-8H,6H2,1-5H3,(H,14,17). The van der Waals surface area contributed by atoms with Crippen LogP contribution in [-0.2, 0) is 13.5 Å². The van der Waals surface area contributed by atoms with Gasteiger partial charge in [0.05, 0.1) is 5.69 Å². The van der Waals surface area contributed by atoms with Crippen molar-refractivity contribution in [3.8, 4) is 0 Å². The van der Waals surface area contributed by atoms with Crippen molar-refractivity contribution in [2.45, 2.75) is 44.5 Å². The molecule has 1 heterocycles. The zero-order chi connectivity index (χ0) is 13.2. The van der Waals surface area contributed by atoms with Gasteiger partial charge < -0.3 is 5.32 Å². The molecule has 1 N–H and O–H groups in total. The predicted octanol–water partition coefficient (Wildman–Crippen LogP) is 2.27. The van der Waals surface area contributed by atoms with E-state index in [0.717, 1.165) is 12.1 Å². The average molecular weight is 302 g/mol. The van der Waals surface area contributed by atoms with Crippen LogP contribution in [0.2, 0.25) is 0 Å². The number of rotatable bonds is 4. The van der Waals surface area contributed by atoms with E-state index in [4.69, 9.17) is 0 Å². The van der Waals surface area contributed by atoms with Crippen LogP contribution in [0.3, 0.4) is 0 Å². The maximum absolute atomic E-state index is 12.1. The van der Waals surface area contributed by atoms with Gasteiger partial charge in [-0.3, -0.25) is 9.48 Å². The van der Waals surface area contributed by atoms with Crippen LogP contribution < -0.4 is 5.32 Å². The monoisotopic (exact) mass is 301 g/mol. The lowest BCUT2D eigenvalue weighted by Gasteiger charge is -2.29. The third kappa shape index (κ3) is 3.31. The van der Waals surface area contributed by atoms with Crippen LogP contribution in [0.5, 0.6) is 0 Å². The van der Waals surface area contributed by atoms with Gasteiger partial charge in [0.1, 0.15) is 5.69 Å². The van der Waals surface area contributed by atoms with Crippen LogP contribution in [0.1, 0.15) is 43.9 Å². The minimum absolute atomic E-state index is 0.0870. The molecule has 0 aliphatic rings. The van der Waals surface area contributed by atoms with Gasteiger partial charge >= 0.3 is 0 Å². The first-order valence-electron chi connectivity index (χ1n) is 5.77. The van der Waals surface area contributed by atoms with Crippen LogP contribution in [0.4, 0.5) is 0 Å². The van der Waals surface area contributed by atoms with E-state index in [1.54, 1.807) is 11.7 Å². The molecule has 4 nitrogen and oxygen atoms in total. The van der Waals surface area contributed by atoms with E-state index in [0.29, 0.717) is 5.69 Å². The van der Waals surface area contributed by atoms with Crippen LogP contribution in [0, 0.1) is 0 Å². The Morgan fingerprint density at radius 3 is 2.65 bits per heavy atom. The number of hydrogen-bond acceptors (Lipinski definition) is 2. The Morgan fingerprint density at radius 1 is 1.65 bits per heavy atom. The number of nitrogens with zero attached hydrogens (tertiary/aromatic N) is 2. The minimum Gasteiger partial charge on any atom is -0.345 e. The fourth-order valence-electron chi connectivity index (χ4n) is 1.37. The molecule has 0 fully saturated rings. The number of aryl methyl sites for hydroxylation is 2. The lowest BCUT2D eigenvalue weighted by Crippen LogP contribution is -2.49. The van der Waals surface area contributed by atoms with E-state index < -0.39 is 0 Å². The summed E-state index contributed by atoms with van der Waals surface area (Å²) < 4.78 is 1.63. The van der Waals surface area contributed by atoms with E-state index in [1.165, 1.54) is 0 Å². The predicted molar refractivity (Wildman–Crippen MR) is 72.5 cm³/mol. The lowest BCUT2D eigenvalue weighted by atomic mass is 10.0. The summed E-state index contributed by atoms with van der Waals surface area (Å²) in [5, 5.41) is 7.27. The van der Waals surface area contributed by atoms with E-state index in [-0.39, 0.29) is 16.3 Å². The lowest BCUT2D eigenvalue weighted by molar-refractivity contribution is 0.0904. The highest BCUT2D eigenvalue weighted by Gasteiger charge is 2.27. The highest BCUT2D eigenvalue weighted by atomic mass is 79.9. The first kappa shape index (κ1) is 14.2. The van der Waals surface area contributed by atoms with Gasteiger partial charge in [-0.1, -0.05) is 29.8 Å². The number of carbonyl (C=O) groups is 1. The quantitative estimate of drug-likeness (QED) is 0.867. The first-order valence-corrected chi connectivity index (χ1v) is 6.69. The van der Waals surface area contributed by atoms with E-state index >= 15 is 0 Å². The summed E-state index contributed by atoms with van der Waals surface area (Å²) in [5.41, 5.74) is 1.23. The van der Waals surface area contributed by atoms with Gasteiger partial charge in [-0.25, -0.2) is 0 Å². The topological polar surface area (TPSA) is 46.9 Å². The molecule has 1 amide bonds. The Bertz CT molecular complexity index is 410. The minimum atomic E-state index is -0.298. The van der Waals surface area contributed by atoms with Crippen molar-refractivity contribution < 1.29 is 4.79 Å². The largest absolute Gasteiger partial charge is 0.345 e. The maximum atomic E-state index is 12.1. The van der Waals surface area contributed by atoms with E-state index in [2.05, 4.69) is 26.3 Å². The molecule has 0 saturated carbocycles. The van der Waals surface area contributed by atoms with Crippen molar-refractivity contribution in [3.05, 3.63) is 17.5 Å². The Balaban J connectivity index is 2.86. The molecule has 1 atom stereocenters. The number of alkyl halides is 1. The molecule has 17 heavy (non-hydrogen) atoms. The highest BCUT2D eigenvalue weighted by Crippen LogP contribution is 2.17. The second-order valence-electron chi connectivity index (χ2n) is 4.79. The Morgan fingerprint density at radius 2 is 2.24 bits per heavy atom. The van der Waals surface area contributed by atoms with Crippen molar-refractivity contribution in [2.24, 2.45) is 7.05 Å². The average Bonchev–Trinajstić information content (AvgIpc) is 2.58. The Labute approximate surface area is 111 Å². The third-order valence-corrected chi connectivity index (χ3v) is 4.10. The molecular formula is C12H20BrN3O. The molecule has 0 saturated heterocycles. The second-order valence-corrected chi connectivity index (χ2v) is 6.16. The summed E-state index contributed by atoms with van der Waals surface area (Å²) in [6, 6.07) is 1.84. The summed E-state index contributed by atoms with van der Waals surface area (Å²) in [6.07, 6.45) is 0.833. The summed E-state index contributed by atoms with van der Waals surface area (Å²) in [4.78, 5) is 12.3. The third-order valence-electron chi connectivity index (χ3n) is 2.96. The number of aromatic nitrogens is 2. The van der Waals surface area contributed by atoms with Crippen LogP contribution in [0.15, 0.2) is 6.07 Å². The van der Waals surface area contributed by atoms with E-state index in [1.807, 2.05) is 33.8 Å². The summed E-state index contributed by atoms with van der Waals surface area (Å²) in [5.74, 6) is -0.0870. The molecule has 0 radical (unpaired) electrons. The van der Waals surface area contributed by atoms with Crippen molar-refractivity contribution in [1.29, 1.82) is 0 Å². The first-order chi connectivity index (χ1) is 7.77. The van der Waals surface area contributed by atoms with Gasteiger partial charge in [0.15, 0.2) is 0 Å². The molecule has 1 aromatic rings. The number of halogens is 1. The fraction of sp³-hybridized carbons (Fsp3) is 0.667. The second kappa shape index (κ2) is 5.21. The van der Waals surface area contributed by atoms with Gasteiger partial charge in [-0.15, -0.1) is 0 Å². The molecule has 1 rings (SSSR count). The molecule has 96 valence electrons. The molecule has 0 aliphatic carbocycles. The van der Waals surface area contributed by atoms with Gasteiger partial charge in [-0.05, 0) is 26.3 Å². The SMILES string of the molecule is CCc1cc(C(=O)NC(C)(C)C(C)Br)n(C)n1. The molecule has 0 bridgehead atoms. The van der Waals surface area contributed by atoms with Gasteiger partial charge in [0, 0.05) is 17.4 Å². The Hall–Kier alpha value is -0.840. The molecule has 0 aliphatic heterocycles. The summed E-state index contributed by atoms with van der Waals surface area (Å²) >= 11 is 3.50. The van der Waals surface area contributed by atoms with Gasteiger partial charge in [-0.2, -0.15) is 5.10 Å². The summed E-state index contributed by atoms with van der Waals surface area (Å²) in [7, 11) is 1.79. The molecular weight excluding hydrogens is 282 g/mol. The van der Waals surface area contributed by atoms with Crippen LogP contribution >= 0.6 is 15.9 Å². The van der Waals surface area contributed by atoms with Crippen molar-refractivity contribution >= 4 is 21.8 Å². The maximum Gasteiger partial charge on any atom is 0.269 e. The fourth-order valence-corrected chi connectivity index (χ4v) is 1.48. The van der Waals surface area contributed by atoms with Crippen molar-refractivity contribution in [2.75, 3.05) is 0 Å². The molecule has 5 heteroatoms. The highest BCUT2D eigenvalue weighted by molar-refractivity contribution is 9.09. The zero-order valence-corrected chi connectivity index (χ0v) is 12.6. The zero-order valence-electron chi connectivity index (χ0n) is 11.0. The number of nitrogens with one attached hydrogen (secondary N) is 1. The number of amides is 1. The molecule has 1 aromatic heterocycles. The molecule has 0 spiro atoms. The van der Waals surface area contributed by atoms with Gasteiger partial charge in [0.25, 0.3) is 5.91 Å². The van der Waals surface area contributed by atoms with Crippen molar-refractivity contribution in [3.63, 3.8) is 0 Å². The summed E-state index contributed by atoms with van der Waals surface area (Å²) in [6.45, 7) is 8.01. The van der Waals surface area contributed by atoms with Gasteiger partial charge in [0.2, 0.25) is 0 Å². The van der Waals surface area contributed by atoms with Crippen LogP contribution in [0.25, 0.3) is 0 Å². The number of carbonyl (C=O) groups excluding carboxylic acids is 1. The smallest absolute Gasteiger partial charge is 0.269 e. The Kier molecular flexibility index (Phi) is 4.36. The number of hydrogen-bond donors (Lipinski definition) is 1. The van der Waals surface area contributed by atoms with Crippen LogP contribution in [-0.4, -0.2) is 26.1 Å². The van der Waals surface area contributed by atoms with E-state index in [9.17, 15) is 4.79 Å². The van der Waals surface area contributed by atoms with Crippen molar-refractivity contribution in [1.82, 2.24) is 15.1 Å². The normalized spacial score (nSPS) is 13.5. The molecule has 0 aromatic carbocycles.